The molecular formula is C12H12BrClN4. The van der Waals surface area contributed by atoms with Gasteiger partial charge in [0.05, 0.1) is 10.2 Å². The lowest BCUT2D eigenvalue weighted by atomic mass is 10.2. The van der Waals surface area contributed by atoms with Crippen molar-refractivity contribution in [3.8, 4) is 11.5 Å². The molecule has 0 aliphatic rings. The first kappa shape index (κ1) is 13.4. The molecule has 2 aromatic heterocycles. The zero-order valence-corrected chi connectivity index (χ0v) is 12.5. The fourth-order valence-electron chi connectivity index (χ4n) is 1.56. The third kappa shape index (κ3) is 2.84. The lowest BCUT2D eigenvalue weighted by Crippen LogP contribution is -2.00. The summed E-state index contributed by atoms with van der Waals surface area (Å²) in [4.78, 5) is 17.1. The molecule has 94 valence electrons. The van der Waals surface area contributed by atoms with E-state index in [0.29, 0.717) is 22.5 Å². The third-order valence-corrected chi connectivity index (χ3v) is 3.71. The molecule has 0 atom stereocenters. The Bertz CT molecular complexity index is 574. The van der Waals surface area contributed by atoms with Crippen LogP contribution in [0.1, 0.15) is 24.9 Å². The molecule has 0 saturated carbocycles. The van der Waals surface area contributed by atoms with Crippen molar-refractivity contribution in [3.63, 3.8) is 0 Å². The third-order valence-electron chi connectivity index (χ3n) is 2.37. The van der Waals surface area contributed by atoms with Crippen LogP contribution in [0.15, 0.2) is 16.7 Å². The van der Waals surface area contributed by atoms with E-state index in [1.165, 1.54) is 0 Å². The molecule has 0 fully saturated rings. The molecule has 18 heavy (non-hydrogen) atoms. The van der Waals surface area contributed by atoms with Gasteiger partial charge >= 0.3 is 0 Å². The Labute approximate surface area is 119 Å². The van der Waals surface area contributed by atoms with E-state index in [1.807, 2.05) is 6.92 Å². The van der Waals surface area contributed by atoms with Gasteiger partial charge < -0.3 is 0 Å². The van der Waals surface area contributed by atoms with Crippen LogP contribution in [-0.4, -0.2) is 19.9 Å². The Morgan fingerprint density at radius 1 is 1.28 bits per heavy atom. The monoisotopic (exact) mass is 326 g/mol. The summed E-state index contributed by atoms with van der Waals surface area (Å²) in [5, 5.41) is 0.416. The predicted octanol–water partition coefficient (Wildman–Crippen LogP) is 3.61. The SMILES string of the molecule is CCCc1nc(-c2ccnc(C)n2)nc(Cl)c1Br. The van der Waals surface area contributed by atoms with Gasteiger partial charge in [0.25, 0.3) is 0 Å². The van der Waals surface area contributed by atoms with Crippen LogP contribution in [0.4, 0.5) is 0 Å². The van der Waals surface area contributed by atoms with Gasteiger partial charge in [0.2, 0.25) is 0 Å². The van der Waals surface area contributed by atoms with E-state index in [0.717, 1.165) is 23.0 Å². The highest BCUT2D eigenvalue weighted by atomic mass is 79.9. The van der Waals surface area contributed by atoms with E-state index < -0.39 is 0 Å². The van der Waals surface area contributed by atoms with Crippen molar-refractivity contribution in [1.82, 2.24) is 19.9 Å². The minimum atomic E-state index is 0.416. The van der Waals surface area contributed by atoms with Gasteiger partial charge in [-0.3, -0.25) is 0 Å². The summed E-state index contributed by atoms with van der Waals surface area (Å²) in [6.45, 7) is 3.92. The van der Waals surface area contributed by atoms with Crippen molar-refractivity contribution >= 4 is 27.5 Å². The molecule has 2 aromatic rings. The topological polar surface area (TPSA) is 51.6 Å². The van der Waals surface area contributed by atoms with Gasteiger partial charge in [-0.15, -0.1) is 0 Å². The molecule has 0 aliphatic heterocycles. The second-order valence-electron chi connectivity index (χ2n) is 3.84. The van der Waals surface area contributed by atoms with Crippen molar-refractivity contribution in [1.29, 1.82) is 0 Å². The van der Waals surface area contributed by atoms with Gasteiger partial charge in [-0.2, -0.15) is 0 Å². The molecule has 0 bridgehead atoms. The summed E-state index contributed by atoms with van der Waals surface area (Å²) in [6.07, 6.45) is 3.53. The maximum absolute atomic E-state index is 6.10. The number of rotatable bonds is 3. The lowest BCUT2D eigenvalue weighted by molar-refractivity contribution is 0.865. The number of aromatic nitrogens is 4. The normalized spacial score (nSPS) is 10.7. The maximum atomic E-state index is 6.10. The quantitative estimate of drug-likeness (QED) is 0.808. The highest BCUT2D eigenvalue weighted by molar-refractivity contribution is 9.10. The summed E-state index contributed by atoms with van der Waals surface area (Å²) in [6, 6.07) is 1.78. The van der Waals surface area contributed by atoms with E-state index in [1.54, 1.807) is 12.3 Å². The fraction of sp³-hybridized carbons (Fsp3) is 0.333. The minimum Gasteiger partial charge on any atom is -0.242 e. The molecule has 4 nitrogen and oxygen atoms in total. The largest absolute Gasteiger partial charge is 0.242 e. The van der Waals surface area contributed by atoms with Gasteiger partial charge in [-0.25, -0.2) is 19.9 Å². The summed E-state index contributed by atoms with van der Waals surface area (Å²) in [7, 11) is 0. The van der Waals surface area contributed by atoms with Crippen LogP contribution >= 0.6 is 27.5 Å². The van der Waals surface area contributed by atoms with Gasteiger partial charge in [-0.05, 0) is 35.3 Å². The number of aryl methyl sites for hydroxylation is 2. The van der Waals surface area contributed by atoms with Gasteiger partial charge in [0, 0.05) is 6.20 Å². The van der Waals surface area contributed by atoms with Crippen LogP contribution in [-0.2, 0) is 6.42 Å². The molecule has 0 radical (unpaired) electrons. The standard InChI is InChI=1S/C12H12BrClN4/c1-3-4-8-10(13)11(14)18-12(17-8)9-5-6-15-7(2)16-9/h5-6H,3-4H2,1-2H3. The summed E-state index contributed by atoms with van der Waals surface area (Å²) < 4.78 is 0.764. The van der Waals surface area contributed by atoms with E-state index in [4.69, 9.17) is 11.6 Å². The number of halogens is 2. The highest BCUT2D eigenvalue weighted by Gasteiger charge is 2.12. The minimum absolute atomic E-state index is 0.416. The van der Waals surface area contributed by atoms with Crippen LogP contribution in [0.5, 0.6) is 0 Å². The average Bonchev–Trinajstić information content (AvgIpc) is 2.35. The smallest absolute Gasteiger partial charge is 0.180 e. The Balaban J connectivity index is 2.51. The fourth-order valence-corrected chi connectivity index (χ4v) is 2.13. The number of hydrogen-bond donors (Lipinski definition) is 0. The molecule has 0 unspecified atom stereocenters. The zero-order chi connectivity index (χ0) is 13.1. The molecule has 2 rings (SSSR count). The molecule has 0 amide bonds. The Morgan fingerprint density at radius 2 is 2.06 bits per heavy atom. The van der Waals surface area contributed by atoms with Crippen molar-refractivity contribution in [2.45, 2.75) is 26.7 Å². The average molecular weight is 328 g/mol. The van der Waals surface area contributed by atoms with Gasteiger partial charge in [0.1, 0.15) is 16.7 Å². The van der Waals surface area contributed by atoms with E-state index >= 15 is 0 Å². The Morgan fingerprint density at radius 3 is 2.72 bits per heavy atom. The molecular weight excluding hydrogens is 316 g/mol. The molecule has 2 heterocycles. The Kier molecular flexibility index (Phi) is 4.24. The van der Waals surface area contributed by atoms with Gasteiger partial charge in [-0.1, -0.05) is 24.9 Å². The van der Waals surface area contributed by atoms with E-state index in [-0.39, 0.29) is 0 Å². The van der Waals surface area contributed by atoms with E-state index in [9.17, 15) is 0 Å². The highest BCUT2D eigenvalue weighted by Crippen LogP contribution is 2.27. The van der Waals surface area contributed by atoms with Crippen LogP contribution < -0.4 is 0 Å². The van der Waals surface area contributed by atoms with Crippen molar-refractivity contribution < 1.29 is 0 Å². The van der Waals surface area contributed by atoms with Crippen molar-refractivity contribution in [2.24, 2.45) is 0 Å². The summed E-state index contributed by atoms with van der Waals surface area (Å²) in [5.74, 6) is 1.23. The van der Waals surface area contributed by atoms with Crippen molar-refractivity contribution in [3.05, 3.63) is 33.4 Å². The zero-order valence-electron chi connectivity index (χ0n) is 10.1. The van der Waals surface area contributed by atoms with Crippen molar-refractivity contribution in [2.75, 3.05) is 0 Å². The lowest BCUT2D eigenvalue weighted by Gasteiger charge is -2.07. The molecule has 0 aromatic carbocycles. The van der Waals surface area contributed by atoms with Crippen LogP contribution in [0, 0.1) is 6.92 Å². The number of nitrogens with zero attached hydrogens (tertiary/aromatic N) is 4. The van der Waals surface area contributed by atoms with E-state index in [2.05, 4.69) is 42.8 Å². The van der Waals surface area contributed by atoms with Crippen LogP contribution in [0.2, 0.25) is 5.15 Å². The number of hydrogen-bond acceptors (Lipinski definition) is 4. The Hall–Kier alpha value is -1.07. The summed E-state index contributed by atoms with van der Waals surface area (Å²) in [5.41, 5.74) is 1.60. The first-order valence-corrected chi connectivity index (χ1v) is 6.81. The van der Waals surface area contributed by atoms with Crippen LogP contribution in [0.3, 0.4) is 0 Å². The van der Waals surface area contributed by atoms with Gasteiger partial charge in [0.15, 0.2) is 5.82 Å². The second kappa shape index (κ2) is 5.71. The predicted molar refractivity (Wildman–Crippen MR) is 74.5 cm³/mol. The molecule has 0 aliphatic carbocycles. The van der Waals surface area contributed by atoms with Crippen LogP contribution in [0.25, 0.3) is 11.5 Å². The maximum Gasteiger partial charge on any atom is 0.180 e. The summed E-state index contributed by atoms with van der Waals surface area (Å²) >= 11 is 9.52. The molecule has 6 heteroatoms. The molecule has 0 saturated heterocycles. The second-order valence-corrected chi connectivity index (χ2v) is 4.99. The molecule has 0 spiro atoms. The molecule has 0 N–H and O–H groups in total. The first-order valence-electron chi connectivity index (χ1n) is 5.63. The first-order chi connectivity index (χ1) is 8.61.